The standard InChI is InChI=1S/C11H17NO3/c1-14-8-4-6-10(13)9-5-3-7-11(12-9)15-2/h3,5,7,10,13H,4,6,8H2,1-2H3. The monoisotopic (exact) mass is 211 g/mol. The minimum atomic E-state index is -0.546. The van der Waals surface area contributed by atoms with Crippen molar-refractivity contribution in [3.63, 3.8) is 0 Å². The first-order valence-corrected chi connectivity index (χ1v) is 4.96. The van der Waals surface area contributed by atoms with Crippen molar-refractivity contribution in [1.82, 2.24) is 4.98 Å². The third-order valence-electron chi connectivity index (χ3n) is 2.12. The molecule has 1 unspecified atom stereocenters. The van der Waals surface area contributed by atoms with Crippen molar-refractivity contribution in [3.05, 3.63) is 23.9 Å². The van der Waals surface area contributed by atoms with Gasteiger partial charge in [-0.3, -0.25) is 0 Å². The summed E-state index contributed by atoms with van der Waals surface area (Å²) in [5.74, 6) is 0.526. The van der Waals surface area contributed by atoms with Gasteiger partial charge in [0.05, 0.1) is 18.9 Å². The molecule has 0 aliphatic rings. The Balaban J connectivity index is 2.52. The molecular weight excluding hydrogens is 194 g/mol. The Labute approximate surface area is 89.9 Å². The van der Waals surface area contributed by atoms with E-state index in [2.05, 4.69) is 4.98 Å². The molecule has 84 valence electrons. The molecule has 15 heavy (non-hydrogen) atoms. The van der Waals surface area contributed by atoms with Crippen LogP contribution in [0.3, 0.4) is 0 Å². The Hall–Kier alpha value is -1.13. The van der Waals surface area contributed by atoms with Gasteiger partial charge in [0.2, 0.25) is 5.88 Å². The average molecular weight is 211 g/mol. The van der Waals surface area contributed by atoms with E-state index in [-0.39, 0.29) is 0 Å². The number of nitrogens with zero attached hydrogens (tertiary/aromatic N) is 1. The van der Waals surface area contributed by atoms with Crippen molar-refractivity contribution in [2.75, 3.05) is 20.8 Å². The molecule has 1 heterocycles. The number of hydrogen-bond acceptors (Lipinski definition) is 4. The molecule has 0 bridgehead atoms. The Kier molecular flexibility index (Phi) is 5.07. The van der Waals surface area contributed by atoms with Crippen molar-refractivity contribution < 1.29 is 14.6 Å². The summed E-state index contributed by atoms with van der Waals surface area (Å²) in [5, 5.41) is 9.79. The van der Waals surface area contributed by atoms with Crippen LogP contribution in [0.25, 0.3) is 0 Å². The van der Waals surface area contributed by atoms with Crippen LogP contribution in [-0.2, 0) is 4.74 Å². The predicted octanol–water partition coefficient (Wildman–Crippen LogP) is 1.55. The number of hydrogen-bond donors (Lipinski definition) is 1. The lowest BCUT2D eigenvalue weighted by atomic mass is 10.1. The van der Waals surface area contributed by atoms with Crippen molar-refractivity contribution >= 4 is 0 Å². The van der Waals surface area contributed by atoms with Gasteiger partial charge in [0.1, 0.15) is 0 Å². The molecule has 0 saturated carbocycles. The van der Waals surface area contributed by atoms with E-state index in [1.165, 1.54) is 0 Å². The molecule has 1 aromatic heterocycles. The lowest BCUT2D eigenvalue weighted by Crippen LogP contribution is -2.03. The molecule has 1 rings (SSSR count). The van der Waals surface area contributed by atoms with E-state index in [0.717, 1.165) is 6.42 Å². The van der Waals surface area contributed by atoms with Crippen LogP contribution >= 0.6 is 0 Å². The predicted molar refractivity (Wildman–Crippen MR) is 56.9 cm³/mol. The van der Waals surface area contributed by atoms with Crippen molar-refractivity contribution in [2.45, 2.75) is 18.9 Å². The van der Waals surface area contributed by atoms with Crippen molar-refractivity contribution in [2.24, 2.45) is 0 Å². The summed E-state index contributed by atoms with van der Waals surface area (Å²) in [4.78, 5) is 4.16. The molecule has 1 atom stereocenters. The fraction of sp³-hybridized carbons (Fsp3) is 0.545. The van der Waals surface area contributed by atoms with Gasteiger partial charge in [0.15, 0.2) is 0 Å². The van der Waals surface area contributed by atoms with E-state index in [0.29, 0.717) is 24.6 Å². The van der Waals surface area contributed by atoms with Crippen molar-refractivity contribution in [1.29, 1.82) is 0 Å². The van der Waals surface area contributed by atoms with E-state index < -0.39 is 6.10 Å². The summed E-state index contributed by atoms with van der Waals surface area (Å²) < 4.78 is 9.90. The van der Waals surface area contributed by atoms with Crippen LogP contribution in [0.2, 0.25) is 0 Å². The fourth-order valence-electron chi connectivity index (χ4n) is 1.30. The van der Waals surface area contributed by atoms with Gasteiger partial charge >= 0.3 is 0 Å². The van der Waals surface area contributed by atoms with Gasteiger partial charge in [-0.15, -0.1) is 0 Å². The number of pyridine rings is 1. The quantitative estimate of drug-likeness (QED) is 0.725. The minimum absolute atomic E-state index is 0.526. The highest BCUT2D eigenvalue weighted by Crippen LogP contribution is 2.18. The van der Waals surface area contributed by atoms with E-state index >= 15 is 0 Å². The van der Waals surface area contributed by atoms with E-state index in [9.17, 15) is 5.11 Å². The van der Waals surface area contributed by atoms with E-state index in [1.54, 1.807) is 26.4 Å². The largest absolute Gasteiger partial charge is 0.481 e. The topological polar surface area (TPSA) is 51.6 Å². The molecule has 0 aliphatic heterocycles. The minimum Gasteiger partial charge on any atom is -0.481 e. The molecule has 0 saturated heterocycles. The molecular formula is C11H17NO3. The van der Waals surface area contributed by atoms with E-state index in [4.69, 9.17) is 9.47 Å². The molecule has 0 aliphatic carbocycles. The van der Waals surface area contributed by atoms with Gasteiger partial charge in [0.25, 0.3) is 0 Å². The summed E-state index contributed by atoms with van der Waals surface area (Å²) in [7, 11) is 3.21. The molecule has 4 nitrogen and oxygen atoms in total. The van der Waals surface area contributed by atoms with Crippen LogP contribution in [0.5, 0.6) is 5.88 Å². The second-order valence-electron chi connectivity index (χ2n) is 3.26. The number of aliphatic hydroxyl groups is 1. The zero-order valence-corrected chi connectivity index (χ0v) is 9.14. The molecule has 0 radical (unpaired) electrons. The van der Waals surface area contributed by atoms with Crippen LogP contribution in [0, 0.1) is 0 Å². The number of methoxy groups -OCH3 is 2. The van der Waals surface area contributed by atoms with Crippen LogP contribution < -0.4 is 4.74 Å². The van der Waals surface area contributed by atoms with Crippen LogP contribution in [0.4, 0.5) is 0 Å². The van der Waals surface area contributed by atoms with Crippen LogP contribution in [0.15, 0.2) is 18.2 Å². The SMILES string of the molecule is COCCCC(O)c1cccc(OC)n1. The molecule has 4 heteroatoms. The summed E-state index contributed by atoms with van der Waals surface area (Å²) in [6, 6.07) is 5.37. The molecule has 0 spiro atoms. The highest BCUT2D eigenvalue weighted by atomic mass is 16.5. The summed E-state index contributed by atoms with van der Waals surface area (Å²) in [5.41, 5.74) is 0.644. The molecule has 1 aromatic rings. The molecule has 0 amide bonds. The normalized spacial score (nSPS) is 12.5. The van der Waals surface area contributed by atoms with E-state index in [1.807, 2.05) is 6.07 Å². The van der Waals surface area contributed by atoms with Crippen molar-refractivity contribution in [3.8, 4) is 5.88 Å². The highest BCUT2D eigenvalue weighted by molar-refractivity contribution is 5.17. The lowest BCUT2D eigenvalue weighted by molar-refractivity contribution is 0.132. The van der Waals surface area contributed by atoms with Gasteiger partial charge in [-0.1, -0.05) is 6.07 Å². The van der Waals surface area contributed by atoms with Gasteiger partial charge < -0.3 is 14.6 Å². The summed E-state index contributed by atoms with van der Waals surface area (Å²) in [6.07, 6.45) is 0.917. The fourth-order valence-corrected chi connectivity index (χ4v) is 1.30. The number of ether oxygens (including phenoxy) is 2. The third-order valence-corrected chi connectivity index (χ3v) is 2.12. The van der Waals surface area contributed by atoms with Gasteiger partial charge in [0, 0.05) is 19.8 Å². The zero-order chi connectivity index (χ0) is 11.1. The second-order valence-corrected chi connectivity index (χ2v) is 3.26. The first kappa shape index (κ1) is 11.9. The smallest absolute Gasteiger partial charge is 0.213 e. The Bertz CT molecular complexity index is 291. The maximum atomic E-state index is 9.79. The number of aromatic nitrogens is 1. The Morgan fingerprint density at radius 2 is 2.20 bits per heavy atom. The first-order chi connectivity index (χ1) is 7.27. The zero-order valence-electron chi connectivity index (χ0n) is 9.14. The molecule has 0 fully saturated rings. The molecule has 1 N–H and O–H groups in total. The molecule has 0 aromatic carbocycles. The van der Waals surface area contributed by atoms with Gasteiger partial charge in [-0.2, -0.15) is 0 Å². The third kappa shape index (κ3) is 3.85. The number of rotatable bonds is 6. The summed E-state index contributed by atoms with van der Waals surface area (Å²) >= 11 is 0. The van der Waals surface area contributed by atoms with Crippen LogP contribution in [-0.4, -0.2) is 30.9 Å². The Morgan fingerprint density at radius 3 is 2.87 bits per heavy atom. The van der Waals surface area contributed by atoms with Gasteiger partial charge in [-0.05, 0) is 18.9 Å². The highest BCUT2D eigenvalue weighted by Gasteiger charge is 2.09. The Morgan fingerprint density at radius 1 is 1.40 bits per heavy atom. The second kappa shape index (κ2) is 6.37. The first-order valence-electron chi connectivity index (χ1n) is 4.96. The van der Waals surface area contributed by atoms with Crippen LogP contribution in [0.1, 0.15) is 24.6 Å². The summed E-state index contributed by atoms with van der Waals surface area (Å²) in [6.45, 7) is 0.654. The van der Waals surface area contributed by atoms with Gasteiger partial charge in [-0.25, -0.2) is 4.98 Å². The number of aliphatic hydroxyl groups excluding tert-OH is 1. The lowest BCUT2D eigenvalue weighted by Gasteiger charge is -2.10. The maximum Gasteiger partial charge on any atom is 0.213 e. The average Bonchev–Trinajstić information content (AvgIpc) is 2.29. The maximum absolute atomic E-state index is 9.79.